The third-order valence-electron chi connectivity index (χ3n) is 4.45. The van der Waals surface area contributed by atoms with E-state index in [0.29, 0.717) is 19.8 Å². The number of aromatic carboxylic acids is 1. The van der Waals surface area contributed by atoms with Crippen molar-refractivity contribution in [3.8, 4) is 5.75 Å². The minimum absolute atomic E-state index is 0.0500. The topological polar surface area (TPSA) is 84.9 Å². The highest BCUT2D eigenvalue weighted by atomic mass is 16.5. The Morgan fingerprint density at radius 3 is 2.67 bits per heavy atom. The summed E-state index contributed by atoms with van der Waals surface area (Å²) >= 11 is 0. The Hall–Kier alpha value is -2.86. The molecule has 0 bridgehead atoms. The Balaban J connectivity index is 1.58. The lowest BCUT2D eigenvalue weighted by atomic mass is 10.1. The first-order valence-corrected chi connectivity index (χ1v) is 8.94. The highest BCUT2D eigenvalue weighted by Gasteiger charge is 2.19. The zero-order valence-electron chi connectivity index (χ0n) is 15.2. The molecule has 2 aromatic rings. The highest BCUT2D eigenvalue weighted by Crippen LogP contribution is 2.23. The number of carbonyl (C=O) groups excluding carboxylic acids is 1. The third-order valence-corrected chi connectivity index (χ3v) is 4.45. The number of hydrogen-bond acceptors (Lipinski definition) is 4. The number of aryl methyl sites for hydroxylation is 1. The van der Waals surface area contributed by atoms with Crippen LogP contribution >= 0.6 is 0 Å². The second-order valence-corrected chi connectivity index (χ2v) is 6.67. The van der Waals surface area contributed by atoms with Crippen LogP contribution in [0.4, 0.5) is 0 Å². The summed E-state index contributed by atoms with van der Waals surface area (Å²) in [5.41, 5.74) is 2.98. The summed E-state index contributed by atoms with van der Waals surface area (Å²) in [5, 5.41) is 11.8. The number of ether oxygens (including phenoxy) is 2. The number of carboxylic acid groups (broad SMARTS) is 1. The van der Waals surface area contributed by atoms with E-state index in [1.807, 2.05) is 25.1 Å². The van der Waals surface area contributed by atoms with Crippen LogP contribution < -0.4 is 10.1 Å². The Morgan fingerprint density at radius 2 is 2.00 bits per heavy atom. The first-order chi connectivity index (χ1) is 13.0. The normalized spacial score (nSPS) is 16.1. The lowest BCUT2D eigenvalue weighted by Crippen LogP contribution is -2.25. The van der Waals surface area contributed by atoms with E-state index in [1.165, 1.54) is 12.1 Å². The summed E-state index contributed by atoms with van der Waals surface area (Å²) in [6, 6.07) is 12.2. The summed E-state index contributed by atoms with van der Waals surface area (Å²) in [6.07, 6.45) is 1.11. The van der Waals surface area contributed by atoms with Gasteiger partial charge in [0.25, 0.3) is 0 Å². The first-order valence-electron chi connectivity index (χ1n) is 8.94. The van der Waals surface area contributed by atoms with Crippen molar-refractivity contribution in [3.63, 3.8) is 0 Å². The Bertz CT molecular complexity index is 810. The van der Waals surface area contributed by atoms with Crippen LogP contribution in [0.3, 0.4) is 0 Å². The first kappa shape index (κ1) is 18.9. The van der Waals surface area contributed by atoms with Gasteiger partial charge in [-0.1, -0.05) is 24.3 Å². The quantitative estimate of drug-likeness (QED) is 0.784. The molecule has 0 radical (unpaired) electrons. The van der Waals surface area contributed by atoms with E-state index in [2.05, 4.69) is 5.32 Å². The third kappa shape index (κ3) is 5.31. The standard InChI is InChI=1S/C21H23NO5/c1-14-2-5-17(19(10-14)27-18-8-9-26-13-18)12-22-20(23)11-15-3-6-16(7-4-15)21(24)25/h2-7,10,18H,8-9,11-13H2,1H3,(H,22,23)(H,24,25). The van der Waals surface area contributed by atoms with Crippen LogP contribution in [-0.4, -0.2) is 36.3 Å². The molecule has 6 nitrogen and oxygen atoms in total. The SMILES string of the molecule is Cc1ccc(CNC(=O)Cc2ccc(C(=O)O)cc2)c(OC2CCOC2)c1. The van der Waals surface area contributed by atoms with Gasteiger partial charge in [-0.25, -0.2) is 4.79 Å². The molecule has 0 aromatic heterocycles. The molecule has 0 spiro atoms. The van der Waals surface area contributed by atoms with Crippen molar-refractivity contribution in [2.75, 3.05) is 13.2 Å². The Morgan fingerprint density at radius 1 is 1.22 bits per heavy atom. The van der Waals surface area contributed by atoms with Crippen LogP contribution in [0.25, 0.3) is 0 Å². The molecular formula is C21H23NO5. The van der Waals surface area contributed by atoms with Gasteiger partial charge in [0.15, 0.2) is 0 Å². The molecule has 1 atom stereocenters. The lowest BCUT2D eigenvalue weighted by Gasteiger charge is -2.17. The van der Waals surface area contributed by atoms with Crippen molar-refractivity contribution in [2.45, 2.75) is 32.4 Å². The Kier molecular flexibility index (Phi) is 6.08. The fraction of sp³-hybridized carbons (Fsp3) is 0.333. The summed E-state index contributed by atoms with van der Waals surface area (Å²) in [5.74, 6) is -0.337. The summed E-state index contributed by atoms with van der Waals surface area (Å²) in [6.45, 7) is 3.67. The van der Waals surface area contributed by atoms with Gasteiger partial charge >= 0.3 is 5.97 Å². The van der Waals surface area contributed by atoms with Gasteiger partial charge in [0, 0.05) is 18.5 Å². The van der Waals surface area contributed by atoms with Gasteiger partial charge in [-0.05, 0) is 36.2 Å². The van der Waals surface area contributed by atoms with Crippen LogP contribution in [0.15, 0.2) is 42.5 Å². The molecular weight excluding hydrogens is 346 g/mol. The maximum Gasteiger partial charge on any atom is 0.335 e. The molecule has 1 aliphatic rings. The molecule has 1 aliphatic heterocycles. The molecule has 2 N–H and O–H groups in total. The van der Waals surface area contributed by atoms with Gasteiger partial charge < -0.3 is 19.9 Å². The van der Waals surface area contributed by atoms with Gasteiger partial charge in [0.05, 0.1) is 25.2 Å². The fourth-order valence-electron chi connectivity index (χ4n) is 2.91. The fourth-order valence-corrected chi connectivity index (χ4v) is 2.91. The van der Waals surface area contributed by atoms with E-state index in [1.54, 1.807) is 12.1 Å². The van der Waals surface area contributed by atoms with E-state index >= 15 is 0 Å². The minimum Gasteiger partial charge on any atom is -0.488 e. The van der Waals surface area contributed by atoms with Gasteiger partial charge in [0.2, 0.25) is 5.91 Å². The van der Waals surface area contributed by atoms with Crippen LogP contribution in [0.2, 0.25) is 0 Å². The second kappa shape index (κ2) is 8.68. The number of amides is 1. The maximum absolute atomic E-state index is 12.2. The van der Waals surface area contributed by atoms with Crippen molar-refractivity contribution < 1.29 is 24.2 Å². The van der Waals surface area contributed by atoms with E-state index in [9.17, 15) is 9.59 Å². The van der Waals surface area contributed by atoms with Gasteiger partial charge in [-0.2, -0.15) is 0 Å². The summed E-state index contributed by atoms with van der Waals surface area (Å²) in [4.78, 5) is 23.1. The number of benzene rings is 2. The molecule has 2 aromatic carbocycles. The number of carbonyl (C=O) groups is 2. The van der Waals surface area contributed by atoms with Crippen molar-refractivity contribution in [1.82, 2.24) is 5.32 Å². The molecule has 0 aliphatic carbocycles. The van der Waals surface area contributed by atoms with Crippen LogP contribution in [-0.2, 0) is 22.5 Å². The second-order valence-electron chi connectivity index (χ2n) is 6.67. The van der Waals surface area contributed by atoms with Crippen LogP contribution in [0.5, 0.6) is 5.75 Å². The van der Waals surface area contributed by atoms with Crippen LogP contribution in [0, 0.1) is 6.92 Å². The molecule has 1 fully saturated rings. The number of nitrogens with one attached hydrogen (secondary N) is 1. The smallest absolute Gasteiger partial charge is 0.335 e. The molecule has 1 unspecified atom stereocenters. The molecule has 6 heteroatoms. The average Bonchev–Trinajstić information content (AvgIpc) is 3.14. The van der Waals surface area contributed by atoms with Crippen LogP contribution in [0.1, 0.15) is 33.5 Å². The number of carboxylic acids is 1. The molecule has 3 rings (SSSR count). The summed E-state index contributed by atoms with van der Waals surface area (Å²) < 4.78 is 11.4. The number of hydrogen-bond donors (Lipinski definition) is 2. The maximum atomic E-state index is 12.2. The largest absolute Gasteiger partial charge is 0.488 e. The van der Waals surface area contributed by atoms with Gasteiger partial charge in [0.1, 0.15) is 11.9 Å². The van der Waals surface area contributed by atoms with Crippen molar-refractivity contribution in [3.05, 3.63) is 64.7 Å². The molecule has 0 saturated carbocycles. The van der Waals surface area contributed by atoms with Gasteiger partial charge in [-0.3, -0.25) is 4.79 Å². The monoisotopic (exact) mass is 369 g/mol. The Labute approximate surface area is 158 Å². The molecule has 142 valence electrons. The average molecular weight is 369 g/mol. The van der Waals surface area contributed by atoms with E-state index in [4.69, 9.17) is 14.6 Å². The summed E-state index contributed by atoms with van der Waals surface area (Å²) in [7, 11) is 0. The van der Waals surface area contributed by atoms with Crippen molar-refractivity contribution in [2.24, 2.45) is 0 Å². The van der Waals surface area contributed by atoms with Gasteiger partial charge in [-0.15, -0.1) is 0 Å². The molecule has 1 amide bonds. The zero-order valence-corrected chi connectivity index (χ0v) is 15.2. The van der Waals surface area contributed by atoms with Crippen molar-refractivity contribution in [1.29, 1.82) is 0 Å². The predicted molar refractivity (Wildman–Crippen MR) is 100.0 cm³/mol. The van der Waals surface area contributed by atoms with E-state index < -0.39 is 5.97 Å². The lowest BCUT2D eigenvalue weighted by molar-refractivity contribution is -0.120. The number of rotatable bonds is 7. The molecule has 27 heavy (non-hydrogen) atoms. The minimum atomic E-state index is -0.981. The predicted octanol–water partition coefficient (Wildman–Crippen LogP) is 2.72. The van der Waals surface area contributed by atoms with Crippen molar-refractivity contribution >= 4 is 11.9 Å². The highest BCUT2D eigenvalue weighted by molar-refractivity contribution is 5.87. The molecule has 1 saturated heterocycles. The van der Waals surface area contributed by atoms with E-state index in [0.717, 1.165) is 28.9 Å². The zero-order chi connectivity index (χ0) is 19.2. The van der Waals surface area contributed by atoms with E-state index in [-0.39, 0.29) is 24.0 Å². The molecule has 1 heterocycles.